The van der Waals surface area contributed by atoms with Gasteiger partial charge in [-0.3, -0.25) is 19.8 Å². The lowest BCUT2D eigenvalue weighted by Gasteiger charge is -2.35. The number of piperazine rings is 1. The maximum Gasteiger partial charge on any atom is 0.321 e. The van der Waals surface area contributed by atoms with Gasteiger partial charge in [0, 0.05) is 43.5 Å². The summed E-state index contributed by atoms with van der Waals surface area (Å²) in [5.74, 6) is -0.192. The number of ketones is 1. The predicted octanol–water partition coefficient (Wildman–Crippen LogP) is 2.17. The predicted molar refractivity (Wildman–Crippen MR) is 109 cm³/mol. The van der Waals surface area contributed by atoms with Gasteiger partial charge in [-0.15, -0.1) is 0 Å². The van der Waals surface area contributed by atoms with Crippen molar-refractivity contribution in [1.29, 1.82) is 0 Å². The number of amides is 3. The van der Waals surface area contributed by atoms with E-state index in [9.17, 15) is 14.4 Å². The zero-order valence-corrected chi connectivity index (χ0v) is 16.6. The average molecular weight is 386 g/mol. The van der Waals surface area contributed by atoms with Crippen LogP contribution in [0.3, 0.4) is 0 Å². The summed E-state index contributed by atoms with van der Waals surface area (Å²) in [4.78, 5) is 39.8. The second-order valence-electron chi connectivity index (χ2n) is 7.72. The van der Waals surface area contributed by atoms with E-state index in [-0.39, 0.29) is 30.3 Å². The smallest absolute Gasteiger partial charge is 0.321 e. The van der Waals surface area contributed by atoms with Crippen LogP contribution in [-0.4, -0.2) is 61.4 Å². The molecular formula is C21H30N4O3. The number of hydrogen-bond acceptors (Lipinski definition) is 5. The fourth-order valence-electron chi connectivity index (χ4n) is 3.91. The van der Waals surface area contributed by atoms with Gasteiger partial charge < -0.3 is 10.2 Å². The summed E-state index contributed by atoms with van der Waals surface area (Å²) < 4.78 is 0. The summed E-state index contributed by atoms with van der Waals surface area (Å²) in [6.07, 6.45) is 5.50. The van der Waals surface area contributed by atoms with E-state index in [1.165, 1.54) is 6.42 Å². The number of carbonyl (C=O) groups excluding carboxylic acids is 3. The molecule has 7 heteroatoms. The number of hydrogen-bond donors (Lipinski definition) is 2. The standard InChI is InChI=1S/C21H30N4O3/c1-16(26)17-7-9-19(10-8-17)25-13-11-24(12-14-25)15-20(27)23-21(28)22-18-5-3-2-4-6-18/h7-10,18H,2-6,11-15H2,1H3,(H2,22,23,27,28). The third kappa shape index (κ3) is 5.79. The van der Waals surface area contributed by atoms with Gasteiger partial charge >= 0.3 is 6.03 Å². The van der Waals surface area contributed by atoms with E-state index < -0.39 is 0 Å². The Morgan fingerprint density at radius 2 is 1.61 bits per heavy atom. The second-order valence-corrected chi connectivity index (χ2v) is 7.72. The zero-order chi connectivity index (χ0) is 19.9. The number of nitrogens with one attached hydrogen (secondary N) is 2. The molecule has 1 aliphatic heterocycles. The number of imide groups is 1. The number of anilines is 1. The maximum atomic E-state index is 12.2. The topological polar surface area (TPSA) is 81.8 Å². The molecule has 0 spiro atoms. The highest BCUT2D eigenvalue weighted by Gasteiger charge is 2.21. The molecule has 1 heterocycles. The lowest BCUT2D eigenvalue weighted by molar-refractivity contribution is -0.121. The Hall–Kier alpha value is -2.41. The first kappa shape index (κ1) is 20.3. The van der Waals surface area contributed by atoms with E-state index in [0.717, 1.165) is 57.5 Å². The van der Waals surface area contributed by atoms with Gasteiger partial charge in [-0.1, -0.05) is 19.3 Å². The molecule has 2 aliphatic rings. The summed E-state index contributed by atoms with van der Waals surface area (Å²) in [6, 6.07) is 7.45. The number of benzene rings is 1. The van der Waals surface area contributed by atoms with Crippen molar-refractivity contribution in [2.75, 3.05) is 37.6 Å². The fraction of sp³-hybridized carbons (Fsp3) is 0.571. The van der Waals surface area contributed by atoms with Crippen LogP contribution in [0.1, 0.15) is 49.4 Å². The maximum absolute atomic E-state index is 12.2. The molecule has 28 heavy (non-hydrogen) atoms. The molecule has 1 aliphatic carbocycles. The van der Waals surface area contributed by atoms with Crippen molar-refractivity contribution in [2.45, 2.75) is 45.1 Å². The lowest BCUT2D eigenvalue weighted by atomic mass is 9.96. The molecule has 1 aromatic carbocycles. The minimum Gasteiger partial charge on any atom is -0.369 e. The van der Waals surface area contributed by atoms with Crippen molar-refractivity contribution in [3.63, 3.8) is 0 Å². The number of urea groups is 1. The van der Waals surface area contributed by atoms with Crippen LogP contribution in [0.2, 0.25) is 0 Å². The van der Waals surface area contributed by atoms with E-state index in [4.69, 9.17) is 0 Å². The first-order valence-corrected chi connectivity index (χ1v) is 10.2. The van der Waals surface area contributed by atoms with Crippen molar-refractivity contribution < 1.29 is 14.4 Å². The van der Waals surface area contributed by atoms with Crippen LogP contribution in [0.5, 0.6) is 0 Å². The molecule has 2 fully saturated rings. The Morgan fingerprint density at radius 3 is 2.21 bits per heavy atom. The van der Waals surface area contributed by atoms with Gasteiger partial charge in [-0.2, -0.15) is 0 Å². The number of nitrogens with zero attached hydrogens (tertiary/aromatic N) is 2. The highest BCUT2D eigenvalue weighted by atomic mass is 16.2. The normalized spacial score (nSPS) is 18.5. The van der Waals surface area contributed by atoms with Crippen LogP contribution in [0.25, 0.3) is 0 Å². The Morgan fingerprint density at radius 1 is 0.964 bits per heavy atom. The molecule has 1 saturated heterocycles. The quantitative estimate of drug-likeness (QED) is 0.758. The zero-order valence-electron chi connectivity index (χ0n) is 16.6. The summed E-state index contributed by atoms with van der Waals surface area (Å²) in [6.45, 7) is 4.92. The summed E-state index contributed by atoms with van der Waals surface area (Å²) >= 11 is 0. The first-order chi connectivity index (χ1) is 13.5. The molecular weight excluding hydrogens is 356 g/mol. The van der Waals surface area contributed by atoms with Gasteiger partial charge in [0.05, 0.1) is 6.54 Å². The lowest BCUT2D eigenvalue weighted by Crippen LogP contribution is -2.52. The number of carbonyl (C=O) groups is 3. The van der Waals surface area contributed by atoms with Gasteiger partial charge in [-0.05, 0) is 44.0 Å². The SMILES string of the molecule is CC(=O)c1ccc(N2CCN(CC(=O)NC(=O)NC3CCCCC3)CC2)cc1. The fourth-order valence-corrected chi connectivity index (χ4v) is 3.91. The largest absolute Gasteiger partial charge is 0.369 e. The molecule has 0 bridgehead atoms. The van der Waals surface area contributed by atoms with Crippen LogP contribution in [0.4, 0.5) is 10.5 Å². The minimum absolute atomic E-state index is 0.0647. The summed E-state index contributed by atoms with van der Waals surface area (Å²) in [7, 11) is 0. The van der Waals surface area contributed by atoms with Gasteiger partial charge in [-0.25, -0.2) is 4.79 Å². The van der Waals surface area contributed by atoms with E-state index in [0.29, 0.717) is 5.56 Å². The van der Waals surface area contributed by atoms with Gasteiger partial charge in [0.2, 0.25) is 5.91 Å². The molecule has 0 radical (unpaired) electrons. The molecule has 3 amide bonds. The van der Waals surface area contributed by atoms with E-state index in [2.05, 4.69) is 20.4 Å². The van der Waals surface area contributed by atoms with Crippen molar-refractivity contribution in [3.05, 3.63) is 29.8 Å². The first-order valence-electron chi connectivity index (χ1n) is 10.2. The molecule has 1 saturated carbocycles. The Bertz CT molecular complexity index is 690. The summed E-state index contributed by atoms with van der Waals surface area (Å²) in [5, 5.41) is 5.36. The number of rotatable bonds is 5. The van der Waals surface area contributed by atoms with Crippen LogP contribution >= 0.6 is 0 Å². The van der Waals surface area contributed by atoms with Crippen LogP contribution < -0.4 is 15.5 Å². The van der Waals surface area contributed by atoms with Crippen molar-refractivity contribution in [3.8, 4) is 0 Å². The Labute approximate surface area is 166 Å². The summed E-state index contributed by atoms with van der Waals surface area (Å²) in [5.41, 5.74) is 1.80. The molecule has 0 aromatic heterocycles. The second kappa shape index (κ2) is 9.68. The van der Waals surface area contributed by atoms with Crippen LogP contribution in [0.15, 0.2) is 24.3 Å². The van der Waals surface area contributed by atoms with Crippen LogP contribution in [-0.2, 0) is 4.79 Å². The molecule has 0 atom stereocenters. The number of Topliss-reactive ketones (excluding diaryl/α,β-unsaturated/α-hetero) is 1. The highest BCUT2D eigenvalue weighted by Crippen LogP contribution is 2.18. The Balaban J connectivity index is 1.39. The van der Waals surface area contributed by atoms with E-state index in [1.54, 1.807) is 6.92 Å². The van der Waals surface area contributed by atoms with E-state index in [1.807, 2.05) is 24.3 Å². The monoisotopic (exact) mass is 386 g/mol. The molecule has 1 aromatic rings. The molecule has 0 unspecified atom stereocenters. The molecule has 152 valence electrons. The van der Waals surface area contributed by atoms with Crippen molar-refractivity contribution >= 4 is 23.4 Å². The molecule has 3 rings (SSSR count). The Kier molecular flexibility index (Phi) is 7.03. The third-order valence-corrected chi connectivity index (χ3v) is 5.57. The third-order valence-electron chi connectivity index (χ3n) is 5.57. The van der Waals surface area contributed by atoms with Crippen molar-refractivity contribution in [1.82, 2.24) is 15.5 Å². The average Bonchev–Trinajstić information content (AvgIpc) is 2.69. The van der Waals surface area contributed by atoms with Crippen molar-refractivity contribution in [2.24, 2.45) is 0 Å². The van der Waals surface area contributed by atoms with Gasteiger partial charge in [0.15, 0.2) is 5.78 Å². The minimum atomic E-state index is -0.374. The van der Waals surface area contributed by atoms with Gasteiger partial charge in [0.25, 0.3) is 0 Å². The molecule has 7 nitrogen and oxygen atoms in total. The molecule has 2 N–H and O–H groups in total. The van der Waals surface area contributed by atoms with E-state index >= 15 is 0 Å². The highest BCUT2D eigenvalue weighted by molar-refractivity contribution is 5.95. The van der Waals surface area contributed by atoms with Crippen LogP contribution in [0, 0.1) is 0 Å². The van der Waals surface area contributed by atoms with Gasteiger partial charge in [0.1, 0.15) is 0 Å².